The number of nitrogens with one attached hydrogen (secondary N) is 1. The average molecular weight is 368 g/mol. The van der Waals surface area contributed by atoms with E-state index < -0.39 is 0 Å². The molecule has 1 atom stereocenters. The normalized spacial score (nSPS) is 15.5. The maximum atomic E-state index is 12.7. The van der Waals surface area contributed by atoms with Gasteiger partial charge in [-0.05, 0) is 42.3 Å². The molecule has 3 rings (SSSR count). The van der Waals surface area contributed by atoms with Gasteiger partial charge in [0.05, 0.1) is 31.8 Å². The van der Waals surface area contributed by atoms with Crippen molar-refractivity contribution in [3.05, 3.63) is 58.8 Å². The van der Waals surface area contributed by atoms with Crippen molar-refractivity contribution in [1.29, 1.82) is 0 Å². The van der Waals surface area contributed by atoms with Crippen LogP contribution in [0, 0.1) is 0 Å². The average Bonchev–Trinajstić information content (AvgIpc) is 2.99. The number of methoxy groups -OCH3 is 1. The number of phenolic OH excluding ortho intramolecular Hbond substituents is 1. The van der Waals surface area contributed by atoms with Crippen LogP contribution in [0.25, 0.3) is 6.08 Å². The predicted molar refractivity (Wildman–Crippen MR) is 104 cm³/mol. The fraction of sp³-hybridized carbons (Fsp3) is 0.318. The molecule has 0 bridgehead atoms. The molecule has 0 amide bonds. The van der Waals surface area contributed by atoms with Gasteiger partial charge in [0.25, 0.3) is 0 Å². The molecule has 0 fully saturated rings. The number of fused-ring (bicyclic) bond motifs is 1. The molecule has 1 aliphatic rings. The lowest BCUT2D eigenvalue weighted by atomic mass is 10.0. The minimum Gasteiger partial charge on any atom is -0.507 e. The zero-order valence-electron chi connectivity index (χ0n) is 16.0. The molecule has 0 spiro atoms. The molecule has 0 aromatic heterocycles. The van der Waals surface area contributed by atoms with Gasteiger partial charge in [-0.1, -0.05) is 25.5 Å². The molecule has 2 aromatic rings. The summed E-state index contributed by atoms with van der Waals surface area (Å²) in [5.74, 6) is 1.52. The number of ketones is 1. The van der Waals surface area contributed by atoms with E-state index in [9.17, 15) is 9.90 Å². The second kappa shape index (κ2) is 8.27. The van der Waals surface area contributed by atoms with Gasteiger partial charge in [-0.3, -0.25) is 4.79 Å². The Morgan fingerprint density at radius 1 is 1.19 bits per heavy atom. The molecule has 1 heterocycles. The highest BCUT2D eigenvalue weighted by Gasteiger charge is 2.32. The Bertz CT molecular complexity index is 855. The Kier molecular flexibility index (Phi) is 5.81. The van der Waals surface area contributed by atoms with Crippen molar-refractivity contribution in [1.82, 2.24) is 0 Å². The lowest BCUT2D eigenvalue weighted by Crippen LogP contribution is -3.07. The number of unbranched alkanes of at least 4 members (excludes halogenated alkanes) is 1. The van der Waals surface area contributed by atoms with Crippen LogP contribution in [0.4, 0.5) is 0 Å². The number of hydrogen-bond donors (Lipinski definition) is 2. The van der Waals surface area contributed by atoms with Gasteiger partial charge < -0.3 is 19.5 Å². The Hall–Kier alpha value is -2.79. The number of aromatic hydroxyl groups is 1. The third-order valence-corrected chi connectivity index (χ3v) is 4.77. The van der Waals surface area contributed by atoms with Crippen molar-refractivity contribution in [3.63, 3.8) is 0 Å². The topological polar surface area (TPSA) is 60.2 Å². The second-order valence-corrected chi connectivity index (χ2v) is 6.89. The van der Waals surface area contributed by atoms with E-state index in [-0.39, 0.29) is 17.3 Å². The van der Waals surface area contributed by atoms with E-state index in [2.05, 4.69) is 14.0 Å². The largest absolute Gasteiger partial charge is 0.507 e. The predicted octanol–water partition coefficient (Wildman–Crippen LogP) is 2.83. The number of Topliss-reactive ketones (excluding diaryl/α,β-unsaturated/α-hetero) is 1. The van der Waals surface area contributed by atoms with Crippen LogP contribution in [-0.4, -0.2) is 31.6 Å². The van der Waals surface area contributed by atoms with Crippen LogP contribution in [-0.2, 0) is 6.54 Å². The molecule has 0 saturated heterocycles. The molecule has 5 heteroatoms. The van der Waals surface area contributed by atoms with Gasteiger partial charge in [-0.25, -0.2) is 0 Å². The van der Waals surface area contributed by atoms with E-state index in [4.69, 9.17) is 9.47 Å². The van der Waals surface area contributed by atoms with Gasteiger partial charge in [0.15, 0.2) is 11.5 Å². The highest BCUT2D eigenvalue weighted by Crippen LogP contribution is 2.39. The van der Waals surface area contributed by atoms with Gasteiger partial charge >= 0.3 is 0 Å². The van der Waals surface area contributed by atoms with E-state index in [0.717, 1.165) is 30.7 Å². The Morgan fingerprint density at radius 3 is 2.59 bits per heavy atom. The molecule has 27 heavy (non-hydrogen) atoms. The Balaban J connectivity index is 1.87. The zero-order valence-corrected chi connectivity index (χ0v) is 16.0. The van der Waals surface area contributed by atoms with Crippen molar-refractivity contribution in [3.8, 4) is 17.2 Å². The summed E-state index contributed by atoms with van der Waals surface area (Å²) in [4.78, 5) is 14.0. The summed E-state index contributed by atoms with van der Waals surface area (Å²) in [6.07, 6.45) is 3.96. The molecule has 0 radical (unpaired) electrons. The van der Waals surface area contributed by atoms with E-state index in [0.29, 0.717) is 23.4 Å². The Labute approximate surface area is 159 Å². The molecule has 5 nitrogen and oxygen atoms in total. The van der Waals surface area contributed by atoms with Crippen molar-refractivity contribution >= 4 is 11.9 Å². The van der Waals surface area contributed by atoms with Gasteiger partial charge in [0.2, 0.25) is 5.78 Å². The quantitative estimate of drug-likeness (QED) is 0.738. The van der Waals surface area contributed by atoms with Crippen LogP contribution in [0.15, 0.2) is 42.2 Å². The first-order valence-corrected chi connectivity index (χ1v) is 9.28. The van der Waals surface area contributed by atoms with Crippen molar-refractivity contribution in [2.45, 2.75) is 26.3 Å². The van der Waals surface area contributed by atoms with Gasteiger partial charge in [-0.2, -0.15) is 0 Å². The summed E-state index contributed by atoms with van der Waals surface area (Å²) >= 11 is 0. The molecular weight excluding hydrogens is 342 g/mol. The molecule has 142 valence electrons. The summed E-state index contributed by atoms with van der Waals surface area (Å²) in [6, 6.07) is 10.6. The number of allylic oxidation sites excluding steroid dienone is 1. The SMILES string of the molecule is CCCC[NH+](C)Cc1c(O)ccc2c1O/C(=C\c1ccc(OC)cc1)C2=O. The van der Waals surface area contributed by atoms with Crippen molar-refractivity contribution in [2.24, 2.45) is 0 Å². The van der Waals surface area contributed by atoms with Crippen LogP contribution < -0.4 is 14.4 Å². The molecule has 1 unspecified atom stereocenters. The lowest BCUT2D eigenvalue weighted by Gasteiger charge is -2.16. The summed E-state index contributed by atoms with van der Waals surface area (Å²) in [5, 5.41) is 10.3. The molecule has 1 aliphatic heterocycles. The molecule has 2 aromatic carbocycles. The first kappa shape index (κ1) is 19.0. The highest BCUT2D eigenvalue weighted by atomic mass is 16.5. The minimum atomic E-state index is -0.159. The third kappa shape index (κ3) is 4.14. The van der Waals surface area contributed by atoms with Crippen LogP contribution in [0.5, 0.6) is 17.2 Å². The maximum absolute atomic E-state index is 12.7. The molecule has 2 N–H and O–H groups in total. The molecule has 0 saturated carbocycles. The number of hydrogen-bond acceptors (Lipinski definition) is 4. The lowest BCUT2D eigenvalue weighted by molar-refractivity contribution is -0.894. The first-order chi connectivity index (χ1) is 13.0. The molecular formula is C22H26NO4+. The van der Waals surface area contributed by atoms with E-state index >= 15 is 0 Å². The number of carbonyl (C=O) groups excluding carboxylic acids is 1. The summed E-state index contributed by atoms with van der Waals surface area (Å²) < 4.78 is 11.1. The Morgan fingerprint density at radius 2 is 1.93 bits per heavy atom. The van der Waals surface area contributed by atoms with Gasteiger partial charge in [0, 0.05) is 0 Å². The fourth-order valence-corrected chi connectivity index (χ4v) is 3.19. The van der Waals surface area contributed by atoms with Gasteiger partial charge in [0.1, 0.15) is 18.0 Å². The first-order valence-electron chi connectivity index (χ1n) is 9.28. The van der Waals surface area contributed by atoms with E-state index in [1.165, 1.54) is 4.90 Å². The maximum Gasteiger partial charge on any atom is 0.231 e. The fourth-order valence-electron chi connectivity index (χ4n) is 3.19. The monoisotopic (exact) mass is 368 g/mol. The number of ether oxygens (including phenoxy) is 2. The second-order valence-electron chi connectivity index (χ2n) is 6.89. The van der Waals surface area contributed by atoms with Crippen LogP contribution in [0.1, 0.15) is 41.3 Å². The number of rotatable bonds is 7. The number of quaternary nitrogens is 1. The van der Waals surface area contributed by atoms with Gasteiger partial charge in [-0.15, -0.1) is 0 Å². The van der Waals surface area contributed by atoms with Crippen LogP contribution in [0.2, 0.25) is 0 Å². The smallest absolute Gasteiger partial charge is 0.231 e. The zero-order chi connectivity index (χ0) is 19.4. The molecule has 0 aliphatic carbocycles. The number of phenols is 1. The summed E-state index contributed by atoms with van der Waals surface area (Å²) in [6.45, 7) is 3.77. The van der Waals surface area contributed by atoms with Crippen LogP contribution in [0.3, 0.4) is 0 Å². The van der Waals surface area contributed by atoms with Crippen LogP contribution >= 0.6 is 0 Å². The number of benzene rings is 2. The summed E-state index contributed by atoms with van der Waals surface area (Å²) in [7, 11) is 3.70. The van der Waals surface area contributed by atoms with Crippen molar-refractivity contribution in [2.75, 3.05) is 20.7 Å². The highest BCUT2D eigenvalue weighted by molar-refractivity contribution is 6.14. The van der Waals surface area contributed by atoms with E-state index in [1.807, 2.05) is 24.3 Å². The summed E-state index contributed by atoms with van der Waals surface area (Å²) in [5.41, 5.74) is 2.04. The van der Waals surface area contributed by atoms with E-state index in [1.54, 1.807) is 25.3 Å². The number of carbonyl (C=O) groups is 1. The van der Waals surface area contributed by atoms with Crippen molar-refractivity contribution < 1.29 is 24.3 Å². The standard InChI is InChI=1S/C22H25NO4/c1-4-5-12-23(2)14-18-19(24)11-10-17-21(25)20(27-22(17)18)13-15-6-8-16(26-3)9-7-15/h6-11,13,24H,4-5,12,14H2,1-3H3/p+1/b20-13-. The third-order valence-electron chi connectivity index (χ3n) is 4.77. The minimum absolute atomic E-state index is 0.159.